The summed E-state index contributed by atoms with van der Waals surface area (Å²) in [6.45, 7) is 6.41. The van der Waals surface area contributed by atoms with Crippen LogP contribution in [0, 0.1) is 0 Å². The molecule has 1 aromatic heterocycles. The van der Waals surface area contributed by atoms with Crippen molar-refractivity contribution in [2.24, 2.45) is 0 Å². The van der Waals surface area contributed by atoms with Crippen LogP contribution in [0.25, 0.3) is 5.69 Å². The second-order valence-corrected chi connectivity index (χ2v) is 7.21. The highest BCUT2D eigenvalue weighted by Crippen LogP contribution is 2.19. The Morgan fingerprint density at radius 2 is 1.62 bits per heavy atom. The summed E-state index contributed by atoms with van der Waals surface area (Å²) >= 11 is 0. The van der Waals surface area contributed by atoms with Crippen molar-refractivity contribution in [3.05, 3.63) is 47.8 Å². The SMILES string of the molecule is CC(C)c1ccc(-n2cc(CN3CCN(CC(F)(F)F)CC3)cn2)cc1. The van der Waals surface area contributed by atoms with Crippen molar-refractivity contribution in [2.45, 2.75) is 32.5 Å². The van der Waals surface area contributed by atoms with Gasteiger partial charge in [0.1, 0.15) is 0 Å². The van der Waals surface area contributed by atoms with Crippen molar-refractivity contribution >= 4 is 0 Å². The maximum Gasteiger partial charge on any atom is 0.401 e. The zero-order chi connectivity index (χ0) is 18.7. The third-order valence-electron chi connectivity index (χ3n) is 4.73. The standard InChI is InChI=1S/C19H25F3N4/c1-15(2)17-3-5-18(6-4-17)26-13-16(11-23-26)12-24-7-9-25(10-8-24)14-19(20,21)22/h3-6,11,13,15H,7-10,12,14H2,1-2H3. The maximum absolute atomic E-state index is 12.5. The molecule has 26 heavy (non-hydrogen) atoms. The minimum atomic E-state index is -4.12. The van der Waals surface area contributed by atoms with E-state index in [9.17, 15) is 13.2 Å². The number of rotatable bonds is 5. The number of hydrogen-bond acceptors (Lipinski definition) is 3. The van der Waals surface area contributed by atoms with E-state index in [1.54, 1.807) is 0 Å². The van der Waals surface area contributed by atoms with Crippen molar-refractivity contribution < 1.29 is 13.2 Å². The van der Waals surface area contributed by atoms with Crippen LogP contribution in [0.1, 0.15) is 30.9 Å². The van der Waals surface area contributed by atoms with Gasteiger partial charge in [0, 0.05) is 44.5 Å². The summed E-state index contributed by atoms with van der Waals surface area (Å²) < 4.78 is 39.2. The summed E-state index contributed by atoms with van der Waals surface area (Å²) in [6, 6.07) is 8.34. The molecule has 1 aliphatic heterocycles. The lowest BCUT2D eigenvalue weighted by molar-refractivity contribution is -0.149. The molecule has 3 rings (SSSR count). The molecular formula is C19H25F3N4. The lowest BCUT2D eigenvalue weighted by Crippen LogP contribution is -2.48. The van der Waals surface area contributed by atoms with E-state index in [0.29, 0.717) is 38.6 Å². The van der Waals surface area contributed by atoms with Gasteiger partial charge in [0.2, 0.25) is 0 Å². The molecule has 0 amide bonds. The molecule has 0 atom stereocenters. The molecule has 7 heteroatoms. The van der Waals surface area contributed by atoms with Crippen molar-refractivity contribution in [3.8, 4) is 5.69 Å². The monoisotopic (exact) mass is 366 g/mol. The van der Waals surface area contributed by atoms with E-state index in [1.165, 1.54) is 10.5 Å². The zero-order valence-corrected chi connectivity index (χ0v) is 15.2. The van der Waals surface area contributed by atoms with E-state index in [0.717, 1.165) is 11.3 Å². The molecule has 1 aliphatic rings. The van der Waals surface area contributed by atoms with E-state index in [4.69, 9.17) is 0 Å². The first-order chi connectivity index (χ1) is 12.3. The number of alkyl halides is 3. The van der Waals surface area contributed by atoms with Crippen LogP contribution in [0.3, 0.4) is 0 Å². The van der Waals surface area contributed by atoms with Crippen LogP contribution in [0.2, 0.25) is 0 Å². The topological polar surface area (TPSA) is 24.3 Å². The second kappa shape index (κ2) is 7.80. The Morgan fingerprint density at radius 3 is 2.19 bits per heavy atom. The molecule has 0 bridgehead atoms. The van der Waals surface area contributed by atoms with E-state index < -0.39 is 12.7 Å². The molecule has 2 heterocycles. The van der Waals surface area contributed by atoms with Gasteiger partial charge in [0.05, 0.1) is 18.4 Å². The predicted octanol–water partition coefficient (Wildman–Crippen LogP) is 3.68. The van der Waals surface area contributed by atoms with Gasteiger partial charge in [-0.05, 0) is 23.6 Å². The Balaban J connectivity index is 1.54. The van der Waals surface area contributed by atoms with E-state index in [2.05, 4.69) is 48.1 Å². The highest BCUT2D eigenvalue weighted by molar-refractivity contribution is 5.35. The van der Waals surface area contributed by atoms with Crippen molar-refractivity contribution in [2.75, 3.05) is 32.7 Å². The second-order valence-electron chi connectivity index (χ2n) is 7.21. The molecule has 4 nitrogen and oxygen atoms in total. The van der Waals surface area contributed by atoms with Crippen LogP contribution in [0.4, 0.5) is 13.2 Å². The molecule has 0 radical (unpaired) electrons. The van der Waals surface area contributed by atoms with E-state index in [1.807, 2.05) is 17.1 Å². The largest absolute Gasteiger partial charge is 0.401 e. The number of nitrogens with zero attached hydrogens (tertiary/aromatic N) is 4. The van der Waals surface area contributed by atoms with Gasteiger partial charge in [-0.15, -0.1) is 0 Å². The van der Waals surface area contributed by atoms with Crippen LogP contribution >= 0.6 is 0 Å². The van der Waals surface area contributed by atoms with E-state index in [-0.39, 0.29) is 0 Å². The third kappa shape index (κ3) is 5.08. The molecular weight excluding hydrogens is 341 g/mol. The van der Waals surface area contributed by atoms with E-state index >= 15 is 0 Å². The minimum absolute atomic E-state index is 0.449. The number of piperazine rings is 1. The van der Waals surface area contributed by atoms with Crippen LogP contribution in [0.15, 0.2) is 36.7 Å². The molecule has 1 saturated heterocycles. The first kappa shape index (κ1) is 18.9. The highest BCUT2D eigenvalue weighted by atomic mass is 19.4. The van der Waals surface area contributed by atoms with Crippen LogP contribution in [0.5, 0.6) is 0 Å². The van der Waals surface area contributed by atoms with Gasteiger partial charge < -0.3 is 0 Å². The van der Waals surface area contributed by atoms with Gasteiger partial charge in [-0.2, -0.15) is 18.3 Å². The van der Waals surface area contributed by atoms with Crippen molar-refractivity contribution in [1.82, 2.24) is 19.6 Å². The Bertz CT molecular complexity index is 698. The smallest absolute Gasteiger partial charge is 0.296 e. The summed E-state index contributed by atoms with van der Waals surface area (Å²) in [4.78, 5) is 3.65. The van der Waals surface area contributed by atoms with Gasteiger partial charge in [0.15, 0.2) is 0 Å². The Labute approximate surface area is 152 Å². The molecule has 2 aromatic rings. The van der Waals surface area contributed by atoms with Crippen molar-refractivity contribution in [3.63, 3.8) is 0 Å². The molecule has 1 fully saturated rings. The normalized spacial score (nSPS) is 17.2. The summed E-state index contributed by atoms with van der Waals surface area (Å²) in [5, 5.41) is 4.42. The summed E-state index contributed by atoms with van der Waals surface area (Å²) in [5.74, 6) is 0.494. The quantitative estimate of drug-likeness (QED) is 0.807. The van der Waals surface area contributed by atoms with Crippen LogP contribution in [-0.2, 0) is 6.54 Å². The van der Waals surface area contributed by atoms with Crippen LogP contribution < -0.4 is 0 Å². The molecule has 0 spiro atoms. The van der Waals surface area contributed by atoms with Crippen molar-refractivity contribution in [1.29, 1.82) is 0 Å². The molecule has 0 unspecified atom stereocenters. The van der Waals surface area contributed by atoms with Gasteiger partial charge in [0.25, 0.3) is 0 Å². The predicted molar refractivity (Wildman–Crippen MR) is 95.4 cm³/mol. The molecule has 0 aliphatic carbocycles. The van der Waals surface area contributed by atoms with Crippen LogP contribution in [-0.4, -0.2) is 58.5 Å². The molecule has 0 saturated carbocycles. The first-order valence-electron chi connectivity index (χ1n) is 8.95. The van der Waals surface area contributed by atoms with Gasteiger partial charge in [-0.3, -0.25) is 9.80 Å². The van der Waals surface area contributed by atoms with Gasteiger partial charge in [-0.1, -0.05) is 26.0 Å². The maximum atomic E-state index is 12.5. The summed E-state index contributed by atoms with van der Waals surface area (Å²) in [5.41, 5.74) is 3.37. The fourth-order valence-corrected chi connectivity index (χ4v) is 3.21. The number of halogens is 3. The summed E-state index contributed by atoms with van der Waals surface area (Å²) in [6.07, 6.45) is -0.292. The molecule has 142 valence electrons. The number of benzene rings is 1. The number of hydrogen-bond donors (Lipinski definition) is 0. The molecule has 1 aromatic carbocycles. The fourth-order valence-electron chi connectivity index (χ4n) is 3.21. The average Bonchev–Trinajstić information content (AvgIpc) is 3.04. The van der Waals surface area contributed by atoms with Gasteiger partial charge in [-0.25, -0.2) is 4.68 Å². The fraction of sp³-hybridized carbons (Fsp3) is 0.526. The highest BCUT2D eigenvalue weighted by Gasteiger charge is 2.32. The molecule has 0 N–H and O–H groups in total. The number of aromatic nitrogens is 2. The third-order valence-corrected chi connectivity index (χ3v) is 4.73. The average molecular weight is 366 g/mol. The minimum Gasteiger partial charge on any atom is -0.296 e. The lowest BCUT2D eigenvalue weighted by atomic mass is 10.0. The Hall–Kier alpha value is -1.86. The Morgan fingerprint density at radius 1 is 1.00 bits per heavy atom. The lowest BCUT2D eigenvalue weighted by Gasteiger charge is -2.34. The zero-order valence-electron chi connectivity index (χ0n) is 15.2. The summed E-state index contributed by atoms with van der Waals surface area (Å²) in [7, 11) is 0. The Kier molecular flexibility index (Phi) is 5.67. The first-order valence-corrected chi connectivity index (χ1v) is 8.95. The van der Waals surface area contributed by atoms with Gasteiger partial charge >= 0.3 is 6.18 Å².